The molecule has 2 aromatic carbocycles. The van der Waals surface area contributed by atoms with Gasteiger partial charge < -0.3 is 14.4 Å². The number of methoxy groups -OCH3 is 1. The Balaban J connectivity index is 1.45. The molecule has 190 valence electrons. The van der Waals surface area contributed by atoms with Gasteiger partial charge in [0.05, 0.1) is 36.3 Å². The van der Waals surface area contributed by atoms with Crippen molar-refractivity contribution in [1.82, 2.24) is 9.80 Å². The van der Waals surface area contributed by atoms with Gasteiger partial charge in [0.15, 0.2) is 16.4 Å². The number of carbonyl (C=O) groups excluding carboxylic acids is 4. The number of sulfone groups is 1. The van der Waals surface area contributed by atoms with Gasteiger partial charge in [0.25, 0.3) is 17.7 Å². The van der Waals surface area contributed by atoms with Crippen LogP contribution in [-0.2, 0) is 25.9 Å². The number of hydrogen-bond donors (Lipinski definition) is 0. The highest BCUT2D eigenvalue weighted by atomic mass is 32.2. The van der Waals surface area contributed by atoms with Crippen molar-refractivity contribution in [2.45, 2.75) is 25.9 Å². The minimum Gasteiger partial charge on any atom is -0.496 e. The van der Waals surface area contributed by atoms with Gasteiger partial charge in [0.1, 0.15) is 11.3 Å². The number of rotatable bonds is 8. The van der Waals surface area contributed by atoms with E-state index in [1.54, 1.807) is 37.3 Å². The predicted octanol–water partition coefficient (Wildman–Crippen LogP) is 1.68. The second-order valence-electron chi connectivity index (χ2n) is 8.59. The quantitative estimate of drug-likeness (QED) is 0.385. The zero-order chi connectivity index (χ0) is 26.0. The van der Waals surface area contributed by atoms with Gasteiger partial charge in [-0.2, -0.15) is 0 Å². The molecule has 2 aromatic rings. The number of likely N-dealkylation sites (N-methyl/N-ethyl adjacent to an activating group) is 1. The molecule has 0 aliphatic carbocycles. The minimum absolute atomic E-state index is 0.0261. The van der Waals surface area contributed by atoms with E-state index in [4.69, 9.17) is 9.47 Å². The van der Waals surface area contributed by atoms with Crippen LogP contribution in [0.3, 0.4) is 0 Å². The van der Waals surface area contributed by atoms with Crippen molar-refractivity contribution < 1.29 is 37.1 Å². The van der Waals surface area contributed by atoms with Crippen LogP contribution in [0.1, 0.15) is 50.0 Å². The second-order valence-corrected chi connectivity index (χ2v) is 10.8. The van der Waals surface area contributed by atoms with E-state index in [0.29, 0.717) is 23.1 Å². The lowest BCUT2D eigenvalue weighted by atomic mass is 10.1. The molecule has 0 N–H and O–H groups in total. The van der Waals surface area contributed by atoms with E-state index in [9.17, 15) is 27.6 Å². The number of ether oxygens (including phenoxy) is 2. The molecule has 3 amide bonds. The van der Waals surface area contributed by atoms with Crippen LogP contribution in [0.5, 0.6) is 5.75 Å². The molecule has 2 aliphatic heterocycles. The van der Waals surface area contributed by atoms with E-state index in [1.165, 1.54) is 24.1 Å². The molecule has 36 heavy (non-hydrogen) atoms. The monoisotopic (exact) mass is 514 g/mol. The molecule has 11 heteroatoms. The molecular formula is C25H26N2O8S. The lowest BCUT2D eigenvalue weighted by molar-refractivity contribution is -0.136. The molecule has 0 radical (unpaired) electrons. The van der Waals surface area contributed by atoms with Crippen molar-refractivity contribution in [2.75, 3.05) is 31.8 Å². The summed E-state index contributed by atoms with van der Waals surface area (Å²) in [5.41, 5.74) is 1.18. The fourth-order valence-corrected chi connectivity index (χ4v) is 6.26. The maximum Gasteiger partial charge on any atom is 0.342 e. The summed E-state index contributed by atoms with van der Waals surface area (Å²) in [4.78, 5) is 53.4. The van der Waals surface area contributed by atoms with Gasteiger partial charge >= 0.3 is 5.97 Å². The summed E-state index contributed by atoms with van der Waals surface area (Å²) in [7, 11) is -1.80. The summed E-state index contributed by atoms with van der Waals surface area (Å²) < 4.78 is 34.1. The molecule has 1 unspecified atom stereocenters. The number of hydrogen-bond acceptors (Lipinski definition) is 8. The molecule has 1 fully saturated rings. The first-order valence-corrected chi connectivity index (χ1v) is 13.3. The van der Waals surface area contributed by atoms with E-state index in [-0.39, 0.29) is 35.9 Å². The molecular weight excluding hydrogens is 488 g/mol. The Labute approximate surface area is 208 Å². The Morgan fingerprint density at radius 1 is 1.08 bits per heavy atom. The third kappa shape index (κ3) is 4.97. The van der Waals surface area contributed by atoms with Crippen molar-refractivity contribution in [3.8, 4) is 5.75 Å². The third-order valence-corrected chi connectivity index (χ3v) is 8.09. The van der Waals surface area contributed by atoms with Gasteiger partial charge in [-0.3, -0.25) is 19.3 Å². The fourth-order valence-electron chi connectivity index (χ4n) is 4.53. The SMILES string of the molecule is CCN(C(=O)COC(=O)c1cc(CN2C(=O)c3ccccc3C2=O)ccc1OC)C1CCS(=O)(=O)C1. The molecule has 2 aliphatic rings. The molecule has 10 nitrogen and oxygen atoms in total. The number of imide groups is 1. The molecule has 0 aromatic heterocycles. The van der Waals surface area contributed by atoms with E-state index >= 15 is 0 Å². The molecule has 1 saturated heterocycles. The number of nitrogens with zero attached hydrogens (tertiary/aromatic N) is 2. The van der Waals surface area contributed by atoms with Crippen LogP contribution in [0, 0.1) is 0 Å². The molecule has 4 rings (SSSR count). The molecule has 0 bridgehead atoms. The Morgan fingerprint density at radius 2 is 1.75 bits per heavy atom. The molecule has 0 saturated carbocycles. The Kier molecular flexibility index (Phi) is 7.11. The van der Waals surface area contributed by atoms with Crippen molar-refractivity contribution in [2.24, 2.45) is 0 Å². The Hall–Kier alpha value is -3.73. The van der Waals surface area contributed by atoms with Crippen LogP contribution in [-0.4, -0.2) is 79.7 Å². The van der Waals surface area contributed by atoms with Crippen LogP contribution in [0.4, 0.5) is 0 Å². The van der Waals surface area contributed by atoms with Crippen LogP contribution in [0.2, 0.25) is 0 Å². The summed E-state index contributed by atoms with van der Waals surface area (Å²) in [6.07, 6.45) is 0.351. The van der Waals surface area contributed by atoms with Crippen molar-refractivity contribution in [1.29, 1.82) is 0 Å². The highest BCUT2D eigenvalue weighted by Gasteiger charge is 2.36. The van der Waals surface area contributed by atoms with Crippen LogP contribution in [0.15, 0.2) is 42.5 Å². The fraction of sp³-hybridized carbons (Fsp3) is 0.360. The highest BCUT2D eigenvalue weighted by molar-refractivity contribution is 7.91. The predicted molar refractivity (Wildman–Crippen MR) is 128 cm³/mol. The van der Waals surface area contributed by atoms with Gasteiger partial charge in [-0.15, -0.1) is 0 Å². The summed E-state index contributed by atoms with van der Waals surface area (Å²) in [5, 5.41) is 0. The number of fused-ring (bicyclic) bond motifs is 1. The second kappa shape index (κ2) is 10.1. The number of carbonyl (C=O) groups is 4. The normalized spacial score (nSPS) is 18.2. The molecule has 1 atom stereocenters. The smallest absolute Gasteiger partial charge is 0.342 e. The standard InChI is InChI=1S/C25H26N2O8S/c1-3-26(17-10-11-36(32,33)15-17)22(28)14-35-25(31)20-12-16(8-9-21(20)34-2)13-27-23(29)18-6-4-5-7-19(18)24(27)30/h4-9,12,17H,3,10-11,13-15H2,1-2H3. The van der Waals surface area contributed by atoms with E-state index in [1.807, 2.05) is 0 Å². The van der Waals surface area contributed by atoms with Crippen molar-refractivity contribution in [3.63, 3.8) is 0 Å². The highest BCUT2D eigenvalue weighted by Crippen LogP contribution is 2.27. The topological polar surface area (TPSA) is 127 Å². The lowest BCUT2D eigenvalue weighted by Gasteiger charge is -2.26. The lowest BCUT2D eigenvalue weighted by Crippen LogP contribution is -2.43. The first-order valence-electron chi connectivity index (χ1n) is 11.4. The number of esters is 1. The maximum atomic E-state index is 12.8. The summed E-state index contributed by atoms with van der Waals surface area (Å²) >= 11 is 0. The average Bonchev–Trinajstić information content (AvgIpc) is 3.34. The third-order valence-electron chi connectivity index (χ3n) is 6.34. The van der Waals surface area contributed by atoms with Gasteiger partial charge in [0, 0.05) is 12.6 Å². The summed E-state index contributed by atoms with van der Waals surface area (Å²) in [5.74, 6) is -2.03. The van der Waals surface area contributed by atoms with Crippen LogP contribution in [0.25, 0.3) is 0 Å². The number of amides is 3. The largest absolute Gasteiger partial charge is 0.496 e. The van der Waals surface area contributed by atoms with Gasteiger partial charge in [-0.05, 0) is 43.2 Å². The van der Waals surface area contributed by atoms with Gasteiger partial charge in [-0.1, -0.05) is 18.2 Å². The zero-order valence-corrected chi connectivity index (χ0v) is 20.7. The Morgan fingerprint density at radius 3 is 2.31 bits per heavy atom. The average molecular weight is 515 g/mol. The van der Waals surface area contributed by atoms with Crippen molar-refractivity contribution >= 4 is 33.5 Å². The first kappa shape index (κ1) is 25.4. The first-order chi connectivity index (χ1) is 17.1. The maximum absolute atomic E-state index is 12.8. The summed E-state index contributed by atoms with van der Waals surface area (Å²) in [6.45, 7) is 1.40. The molecule has 0 spiro atoms. The van der Waals surface area contributed by atoms with E-state index in [2.05, 4.69) is 0 Å². The van der Waals surface area contributed by atoms with Gasteiger partial charge in [-0.25, -0.2) is 13.2 Å². The zero-order valence-electron chi connectivity index (χ0n) is 19.9. The molecule has 2 heterocycles. The number of benzene rings is 2. The minimum atomic E-state index is -3.18. The summed E-state index contributed by atoms with van der Waals surface area (Å²) in [6, 6.07) is 10.7. The van der Waals surface area contributed by atoms with Gasteiger partial charge in [0.2, 0.25) is 0 Å². The van der Waals surface area contributed by atoms with E-state index < -0.39 is 46.2 Å². The Bertz CT molecular complexity index is 1300. The van der Waals surface area contributed by atoms with Crippen LogP contribution < -0.4 is 4.74 Å². The van der Waals surface area contributed by atoms with E-state index in [0.717, 1.165) is 4.90 Å². The van der Waals surface area contributed by atoms with Crippen molar-refractivity contribution in [3.05, 3.63) is 64.7 Å². The van der Waals surface area contributed by atoms with Crippen LogP contribution >= 0.6 is 0 Å².